The number of nitrogens with zero attached hydrogens (tertiary/aromatic N) is 1. The number of amides is 1. The molecule has 0 saturated carbocycles. The zero-order chi connectivity index (χ0) is 17.9. The van der Waals surface area contributed by atoms with Gasteiger partial charge in [0.15, 0.2) is 0 Å². The van der Waals surface area contributed by atoms with Gasteiger partial charge < -0.3 is 14.4 Å². The number of ether oxygens (including phenoxy) is 2. The highest BCUT2D eigenvalue weighted by molar-refractivity contribution is 5.85. The van der Waals surface area contributed by atoms with Crippen LogP contribution >= 0.6 is 0 Å². The van der Waals surface area contributed by atoms with Crippen LogP contribution in [0, 0.1) is 11.8 Å². The standard InChI is InChI=1S/C16H18F3NO4/c1-23-13-4-3-10-5-11(7-14(21)24-2)15(22)20(8-12(10)6-13)9-16(17,18)19/h3-4,6,8,10-11H,5,7,9H2,1-2H3/t10?,11-/m0/s1. The van der Waals surface area contributed by atoms with E-state index in [2.05, 4.69) is 4.74 Å². The Morgan fingerprint density at radius 3 is 2.67 bits per heavy atom. The van der Waals surface area contributed by atoms with Crippen LogP contribution in [0.1, 0.15) is 12.8 Å². The molecule has 5 nitrogen and oxygen atoms in total. The van der Waals surface area contributed by atoms with E-state index < -0.39 is 30.5 Å². The van der Waals surface area contributed by atoms with E-state index >= 15 is 0 Å². The summed E-state index contributed by atoms with van der Waals surface area (Å²) in [6, 6.07) is 0. The number of fused-ring (bicyclic) bond motifs is 1. The van der Waals surface area contributed by atoms with E-state index in [0.29, 0.717) is 16.2 Å². The number of hydrogen-bond donors (Lipinski definition) is 0. The van der Waals surface area contributed by atoms with E-state index in [0.717, 1.165) is 0 Å². The largest absolute Gasteiger partial charge is 0.497 e. The number of alkyl halides is 3. The Labute approximate surface area is 137 Å². The quantitative estimate of drug-likeness (QED) is 0.735. The van der Waals surface area contributed by atoms with Gasteiger partial charge in [0.25, 0.3) is 0 Å². The van der Waals surface area contributed by atoms with Gasteiger partial charge in [0.1, 0.15) is 12.3 Å². The van der Waals surface area contributed by atoms with Crippen LogP contribution in [-0.2, 0) is 19.1 Å². The second-order valence-electron chi connectivity index (χ2n) is 5.64. The third-order valence-corrected chi connectivity index (χ3v) is 3.93. The first-order valence-electron chi connectivity index (χ1n) is 7.33. The van der Waals surface area contributed by atoms with Crippen LogP contribution < -0.4 is 0 Å². The second kappa shape index (κ2) is 7.11. The van der Waals surface area contributed by atoms with Crippen molar-refractivity contribution < 1.29 is 32.2 Å². The zero-order valence-electron chi connectivity index (χ0n) is 13.3. The van der Waals surface area contributed by atoms with Gasteiger partial charge in [0, 0.05) is 18.0 Å². The highest BCUT2D eigenvalue weighted by Crippen LogP contribution is 2.34. The van der Waals surface area contributed by atoms with Crippen molar-refractivity contribution in [1.29, 1.82) is 0 Å². The van der Waals surface area contributed by atoms with Crippen molar-refractivity contribution in [1.82, 2.24) is 4.90 Å². The number of methoxy groups -OCH3 is 2. The molecule has 0 N–H and O–H groups in total. The Balaban J connectivity index is 2.34. The fourth-order valence-corrected chi connectivity index (χ4v) is 2.77. The summed E-state index contributed by atoms with van der Waals surface area (Å²) in [6.07, 6.45) is 1.69. The minimum atomic E-state index is -4.54. The number of allylic oxidation sites excluding steroid dienone is 4. The molecule has 0 aromatic rings. The Hall–Kier alpha value is -2.25. The van der Waals surface area contributed by atoms with E-state index in [1.165, 1.54) is 20.4 Å². The SMILES string of the molecule is COC(=O)C[C@@H]1CC2C=CC(OC)=CC2=CN(CC(F)(F)F)C1=O. The molecule has 2 rings (SSSR count). The molecule has 0 aromatic heterocycles. The molecule has 0 radical (unpaired) electrons. The summed E-state index contributed by atoms with van der Waals surface area (Å²) in [5.74, 6) is -2.01. The number of carbonyl (C=O) groups excluding carboxylic acids is 2. The van der Waals surface area contributed by atoms with Gasteiger partial charge in [0.2, 0.25) is 5.91 Å². The lowest BCUT2D eigenvalue weighted by Crippen LogP contribution is -2.38. The van der Waals surface area contributed by atoms with Crippen LogP contribution in [0.5, 0.6) is 0 Å². The van der Waals surface area contributed by atoms with E-state index in [1.807, 2.05) is 0 Å². The lowest BCUT2D eigenvalue weighted by Gasteiger charge is -2.23. The molecule has 2 atom stereocenters. The van der Waals surface area contributed by atoms with E-state index in [4.69, 9.17) is 4.74 Å². The van der Waals surface area contributed by atoms with E-state index in [1.54, 1.807) is 18.2 Å². The molecule has 0 fully saturated rings. The summed E-state index contributed by atoms with van der Waals surface area (Å²) < 4.78 is 48.0. The monoisotopic (exact) mass is 345 g/mol. The molecule has 132 valence electrons. The molecule has 0 spiro atoms. The molecule has 1 unspecified atom stereocenters. The fraction of sp³-hybridized carbons (Fsp3) is 0.500. The molecule has 1 aliphatic carbocycles. The van der Waals surface area contributed by atoms with Crippen LogP contribution in [0.3, 0.4) is 0 Å². The van der Waals surface area contributed by atoms with Gasteiger partial charge in [-0.05, 0) is 24.1 Å². The number of halogens is 3. The summed E-state index contributed by atoms with van der Waals surface area (Å²) >= 11 is 0. The first-order valence-corrected chi connectivity index (χ1v) is 7.33. The first-order chi connectivity index (χ1) is 11.2. The maximum atomic E-state index is 12.8. The smallest absolute Gasteiger partial charge is 0.406 e. The van der Waals surface area contributed by atoms with Crippen LogP contribution in [0.15, 0.2) is 35.8 Å². The van der Waals surface area contributed by atoms with Crippen LogP contribution in [-0.4, -0.2) is 43.7 Å². The molecule has 1 aliphatic heterocycles. The first kappa shape index (κ1) is 18.1. The predicted molar refractivity (Wildman–Crippen MR) is 78.3 cm³/mol. The molecular weight excluding hydrogens is 327 g/mol. The lowest BCUT2D eigenvalue weighted by molar-refractivity contribution is -0.159. The maximum Gasteiger partial charge on any atom is 0.406 e. The summed E-state index contributed by atoms with van der Waals surface area (Å²) in [5.41, 5.74) is 0.541. The molecule has 0 saturated heterocycles. The number of esters is 1. The third kappa shape index (κ3) is 4.39. The highest BCUT2D eigenvalue weighted by Gasteiger charge is 2.38. The average Bonchev–Trinajstić information content (AvgIpc) is 2.63. The molecule has 0 aromatic carbocycles. The van der Waals surface area contributed by atoms with Crippen molar-refractivity contribution in [2.24, 2.45) is 11.8 Å². The summed E-state index contributed by atoms with van der Waals surface area (Å²) in [6.45, 7) is -1.40. The topological polar surface area (TPSA) is 55.8 Å². The number of carbonyl (C=O) groups is 2. The minimum absolute atomic E-state index is 0.234. The minimum Gasteiger partial charge on any atom is -0.497 e. The van der Waals surface area contributed by atoms with Crippen molar-refractivity contribution in [3.8, 4) is 0 Å². The van der Waals surface area contributed by atoms with E-state index in [-0.39, 0.29) is 18.8 Å². The van der Waals surface area contributed by atoms with Gasteiger partial charge in [-0.3, -0.25) is 9.59 Å². The second-order valence-corrected chi connectivity index (χ2v) is 5.64. The maximum absolute atomic E-state index is 12.8. The normalized spacial score (nSPS) is 23.9. The van der Waals surface area contributed by atoms with Gasteiger partial charge in [-0.15, -0.1) is 0 Å². The zero-order valence-corrected chi connectivity index (χ0v) is 13.3. The van der Waals surface area contributed by atoms with Crippen molar-refractivity contribution in [3.05, 3.63) is 35.8 Å². The molecular formula is C16H18F3NO4. The summed E-state index contributed by atoms with van der Waals surface area (Å²) in [4.78, 5) is 24.6. The fourth-order valence-electron chi connectivity index (χ4n) is 2.77. The average molecular weight is 345 g/mol. The molecule has 0 bridgehead atoms. The van der Waals surface area contributed by atoms with Gasteiger partial charge in [-0.25, -0.2) is 0 Å². The molecule has 2 aliphatic rings. The van der Waals surface area contributed by atoms with Gasteiger partial charge in [-0.1, -0.05) is 6.08 Å². The van der Waals surface area contributed by atoms with Crippen LogP contribution in [0.25, 0.3) is 0 Å². The summed E-state index contributed by atoms with van der Waals surface area (Å²) in [5, 5.41) is 0. The van der Waals surface area contributed by atoms with Crippen molar-refractivity contribution >= 4 is 11.9 Å². The Kier molecular flexibility index (Phi) is 5.36. The predicted octanol–water partition coefficient (Wildman–Crippen LogP) is 2.56. The molecule has 8 heteroatoms. The van der Waals surface area contributed by atoms with Crippen molar-refractivity contribution in [2.45, 2.75) is 19.0 Å². The highest BCUT2D eigenvalue weighted by atomic mass is 19.4. The van der Waals surface area contributed by atoms with Gasteiger partial charge in [-0.2, -0.15) is 13.2 Å². The lowest BCUT2D eigenvalue weighted by atomic mass is 9.85. The van der Waals surface area contributed by atoms with Gasteiger partial charge in [0.05, 0.1) is 20.6 Å². The summed E-state index contributed by atoms with van der Waals surface area (Å²) in [7, 11) is 2.63. The van der Waals surface area contributed by atoms with Gasteiger partial charge >= 0.3 is 12.1 Å². The number of hydrogen-bond acceptors (Lipinski definition) is 4. The van der Waals surface area contributed by atoms with Crippen LogP contribution in [0.4, 0.5) is 13.2 Å². The third-order valence-electron chi connectivity index (χ3n) is 3.93. The van der Waals surface area contributed by atoms with Crippen molar-refractivity contribution in [3.63, 3.8) is 0 Å². The van der Waals surface area contributed by atoms with Crippen LogP contribution in [0.2, 0.25) is 0 Å². The molecule has 24 heavy (non-hydrogen) atoms. The number of rotatable bonds is 4. The van der Waals surface area contributed by atoms with Crippen molar-refractivity contribution in [2.75, 3.05) is 20.8 Å². The Bertz CT molecular complexity index is 607. The molecule has 1 heterocycles. The Morgan fingerprint density at radius 2 is 2.08 bits per heavy atom. The molecule has 1 amide bonds. The Morgan fingerprint density at radius 1 is 1.38 bits per heavy atom. The van der Waals surface area contributed by atoms with E-state index in [9.17, 15) is 22.8 Å².